The molecule has 2 rings (SSSR count). The minimum atomic E-state index is 0. The Morgan fingerprint density at radius 2 is 2.04 bits per heavy atom. The smallest absolute Gasteiger partial charge is 0.228 e. The van der Waals surface area contributed by atoms with E-state index in [0.29, 0.717) is 35.7 Å². The SMILES string of the molecule is CCC(C)NC(=NC)NCCc1nc(-c2ccc(Cl)cc2)no1.I. The molecule has 24 heavy (non-hydrogen) atoms. The lowest BCUT2D eigenvalue weighted by Gasteiger charge is -2.15. The Bertz CT molecular complexity index is 644. The lowest BCUT2D eigenvalue weighted by atomic mass is 10.2. The van der Waals surface area contributed by atoms with E-state index >= 15 is 0 Å². The van der Waals surface area contributed by atoms with Crippen LogP contribution in [-0.4, -0.2) is 35.7 Å². The van der Waals surface area contributed by atoms with Crippen LogP contribution in [0.3, 0.4) is 0 Å². The van der Waals surface area contributed by atoms with E-state index in [4.69, 9.17) is 16.1 Å². The maximum absolute atomic E-state index is 5.87. The molecule has 2 aromatic rings. The summed E-state index contributed by atoms with van der Waals surface area (Å²) in [5, 5.41) is 11.2. The molecule has 1 aromatic heterocycles. The summed E-state index contributed by atoms with van der Waals surface area (Å²) in [6, 6.07) is 7.72. The molecule has 1 unspecified atom stereocenters. The van der Waals surface area contributed by atoms with E-state index in [1.807, 2.05) is 12.1 Å². The number of hydrogen-bond acceptors (Lipinski definition) is 4. The van der Waals surface area contributed by atoms with Crippen LogP contribution in [0.4, 0.5) is 0 Å². The zero-order valence-corrected chi connectivity index (χ0v) is 17.1. The van der Waals surface area contributed by atoms with Gasteiger partial charge in [-0.05, 0) is 37.6 Å². The van der Waals surface area contributed by atoms with Gasteiger partial charge in [-0.15, -0.1) is 24.0 Å². The van der Waals surface area contributed by atoms with Gasteiger partial charge in [-0.2, -0.15) is 4.98 Å². The standard InChI is InChI=1S/C16H22ClN5O.HI/c1-4-11(2)20-16(18-3)19-10-9-14-21-15(22-23-14)12-5-7-13(17)8-6-12;/h5-8,11H,4,9-10H2,1-3H3,(H2,18,19,20);1H. The van der Waals surface area contributed by atoms with Gasteiger partial charge in [0.05, 0.1) is 0 Å². The van der Waals surface area contributed by atoms with E-state index in [-0.39, 0.29) is 24.0 Å². The average Bonchev–Trinajstić information content (AvgIpc) is 3.03. The fourth-order valence-corrected chi connectivity index (χ4v) is 2.02. The van der Waals surface area contributed by atoms with Crippen molar-refractivity contribution in [1.29, 1.82) is 0 Å². The maximum Gasteiger partial charge on any atom is 0.228 e. The monoisotopic (exact) mass is 463 g/mol. The third-order valence-electron chi connectivity index (χ3n) is 3.42. The molecule has 1 heterocycles. The fourth-order valence-electron chi connectivity index (χ4n) is 1.89. The second-order valence-electron chi connectivity index (χ2n) is 5.22. The molecule has 0 fully saturated rings. The van der Waals surface area contributed by atoms with Crippen molar-refractivity contribution < 1.29 is 4.52 Å². The molecule has 0 aliphatic heterocycles. The summed E-state index contributed by atoms with van der Waals surface area (Å²) >= 11 is 5.87. The highest BCUT2D eigenvalue weighted by molar-refractivity contribution is 14.0. The highest BCUT2D eigenvalue weighted by Gasteiger charge is 2.09. The van der Waals surface area contributed by atoms with Crippen LogP contribution in [0.2, 0.25) is 5.02 Å². The Morgan fingerprint density at radius 3 is 2.67 bits per heavy atom. The normalized spacial score (nSPS) is 12.4. The first-order valence-corrected chi connectivity index (χ1v) is 8.06. The second-order valence-corrected chi connectivity index (χ2v) is 5.66. The van der Waals surface area contributed by atoms with Crippen LogP contribution in [0.5, 0.6) is 0 Å². The van der Waals surface area contributed by atoms with Gasteiger partial charge < -0.3 is 15.2 Å². The van der Waals surface area contributed by atoms with Gasteiger partial charge >= 0.3 is 0 Å². The summed E-state index contributed by atoms with van der Waals surface area (Å²) in [5.74, 6) is 1.93. The van der Waals surface area contributed by atoms with Crippen molar-refractivity contribution in [2.24, 2.45) is 4.99 Å². The molecule has 0 radical (unpaired) electrons. The number of hydrogen-bond donors (Lipinski definition) is 2. The van der Waals surface area contributed by atoms with Crippen LogP contribution in [0.15, 0.2) is 33.8 Å². The Kier molecular flexibility index (Phi) is 9.05. The van der Waals surface area contributed by atoms with E-state index in [0.717, 1.165) is 17.9 Å². The van der Waals surface area contributed by atoms with E-state index in [2.05, 4.69) is 39.6 Å². The number of halogens is 2. The lowest BCUT2D eigenvalue weighted by molar-refractivity contribution is 0.378. The zero-order valence-electron chi connectivity index (χ0n) is 14.0. The molecular weight excluding hydrogens is 441 g/mol. The number of aliphatic imine (C=N–C) groups is 1. The van der Waals surface area contributed by atoms with E-state index < -0.39 is 0 Å². The molecule has 0 amide bonds. The van der Waals surface area contributed by atoms with Gasteiger partial charge in [-0.25, -0.2) is 0 Å². The second kappa shape index (κ2) is 10.5. The molecular formula is C16H23ClIN5O. The number of benzene rings is 1. The van der Waals surface area contributed by atoms with Crippen molar-refractivity contribution in [3.63, 3.8) is 0 Å². The van der Waals surface area contributed by atoms with Crippen LogP contribution in [0.1, 0.15) is 26.2 Å². The highest BCUT2D eigenvalue weighted by Crippen LogP contribution is 2.18. The fraction of sp³-hybridized carbons (Fsp3) is 0.438. The number of nitrogens with zero attached hydrogens (tertiary/aromatic N) is 3. The van der Waals surface area contributed by atoms with Gasteiger partial charge in [0, 0.05) is 36.6 Å². The van der Waals surface area contributed by atoms with Gasteiger partial charge in [0.2, 0.25) is 11.7 Å². The summed E-state index contributed by atoms with van der Waals surface area (Å²) in [4.78, 5) is 8.57. The van der Waals surface area contributed by atoms with Crippen molar-refractivity contribution in [1.82, 2.24) is 20.8 Å². The molecule has 0 spiro atoms. The molecule has 0 bridgehead atoms. The topological polar surface area (TPSA) is 75.3 Å². The maximum atomic E-state index is 5.87. The quantitative estimate of drug-likeness (QED) is 0.389. The Morgan fingerprint density at radius 1 is 1.33 bits per heavy atom. The molecule has 0 saturated heterocycles. The van der Waals surface area contributed by atoms with Gasteiger partial charge in [0.1, 0.15) is 0 Å². The molecule has 8 heteroatoms. The van der Waals surface area contributed by atoms with E-state index in [1.165, 1.54) is 0 Å². The van der Waals surface area contributed by atoms with E-state index in [9.17, 15) is 0 Å². The lowest BCUT2D eigenvalue weighted by Crippen LogP contribution is -2.42. The van der Waals surface area contributed by atoms with Gasteiger partial charge in [-0.1, -0.05) is 23.7 Å². The predicted molar refractivity (Wildman–Crippen MR) is 108 cm³/mol. The number of rotatable bonds is 6. The van der Waals surface area contributed by atoms with Crippen LogP contribution < -0.4 is 10.6 Å². The molecule has 2 N–H and O–H groups in total. The summed E-state index contributed by atoms with van der Waals surface area (Å²) in [7, 11) is 1.75. The minimum absolute atomic E-state index is 0. The van der Waals surface area contributed by atoms with Crippen molar-refractivity contribution >= 4 is 41.5 Å². The first kappa shape index (κ1) is 20.7. The van der Waals surface area contributed by atoms with Crippen molar-refractivity contribution in [2.75, 3.05) is 13.6 Å². The zero-order chi connectivity index (χ0) is 16.7. The molecule has 6 nitrogen and oxygen atoms in total. The number of aromatic nitrogens is 2. The first-order valence-electron chi connectivity index (χ1n) is 7.68. The largest absolute Gasteiger partial charge is 0.356 e. The molecule has 0 aliphatic rings. The summed E-state index contributed by atoms with van der Waals surface area (Å²) in [6.45, 7) is 4.91. The summed E-state index contributed by atoms with van der Waals surface area (Å²) in [5.41, 5.74) is 0.881. The number of guanidine groups is 1. The van der Waals surface area contributed by atoms with Crippen LogP contribution in [0.25, 0.3) is 11.4 Å². The summed E-state index contributed by atoms with van der Waals surface area (Å²) < 4.78 is 5.27. The third-order valence-corrected chi connectivity index (χ3v) is 3.67. The average molecular weight is 464 g/mol. The van der Waals surface area contributed by atoms with Gasteiger partial charge in [0.25, 0.3) is 0 Å². The Labute approximate surface area is 164 Å². The number of nitrogens with one attached hydrogen (secondary N) is 2. The molecule has 1 atom stereocenters. The molecule has 132 valence electrons. The van der Waals surface area contributed by atoms with Crippen LogP contribution >= 0.6 is 35.6 Å². The first-order chi connectivity index (χ1) is 11.1. The molecule has 1 aromatic carbocycles. The highest BCUT2D eigenvalue weighted by atomic mass is 127. The predicted octanol–water partition coefficient (Wildman–Crippen LogP) is 3.51. The molecule has 0 aliphatic carbocycles. The van der Waals surface area contributed by atoms with Gasteiger partial charge in [-0.3, -0.25) is 4.99 Å². The van der Waals surface area contributed by atoms with Gasteiger partial charge in [0.15, 0.2) is 5.96 Å². The third kappa shape index (κ3) is 6.27. The Balaban J connectivity index is 0.00000288. The minimum Gasteiger partial charge on any atom is -0.356 e. The molecule has 0 saturated carbocycles. The van der Waals surface area contributed by atoms with Crippen LogP contribution in [-0.2, 0) is 6.42 Å². The van der Waals surface area contributed by atoms with Crippen molar-refractivity contribution in [3.05, 3.63) is 35.2 Å². The van der Waals surface area contributed by atoms with Crippen LogP contribution in [0, 0.1) is 0 Å². The summed E-state index contributed by atoms with van der Waals surface area (Å²) in [6.07, 6.45) is 1.66. The van der Waals surface area contributed by atoms with E-state index in [1.54, 1.807) is 19.2 Å². The van der Waals surface area contributed by atoms with Crippen molar-refractivity contribution in [2.45, 2.75) is 32.7 Å². The van der Waals surface area contributed by atoms with Crippen molar-refractivity contribution in [3.8, 4) is 11.4 Å². The Hall–Kier alpha value is -1.35.